The molecule has 0 aliphatic heterocycles. The Morgan fingerprint density at radius 1 is 1.41 bits per heavy atom. The molecule has 2 rings (SSSR count). The Hall–Kier alpha value is -0.590. The second-order valence-corrected chi connectivity index (χ2v) is 6.40. The number of benzene rings is 1. The van der Waals surface area contributed by atoms with Gasteiger partial charge in [-0.3, -0.25) is 0 Å². The highest BCUT2D eigenvalue weighted by Gasteiger charge is 2.04. The monoisotopic (exact) mass is 329 g/mol. The molecule has 90 valence electrons. The van der Waals surface area contributed by atoms with E-state index in [1.54, 1.807) is 11.8 Å². The Morgan fingerprint density at radius 3 is 2.88 bits per heavy atom. The molecular weight excluding hydrogens is 318 g/mol. The van der Waals surface area contributed by atoms with Crippen molar-refractivity contribution < 1.29 is 0 Å². The third-order valence-electron chi connectivity index (χ3n) is 2.11. The maximum absolute atomic E-state index is 5.79. The molecule has 2 aromatic rings. The number of aromatic nitrogens is 2. The van der Waals surface area contributed by atoms with Crippen LogP contribution in [0.2, 0.25) is 0 Å². The molecule has 2 N–H and O–H groups in total. The van der Waals surface area contributed by atoms with Gasteiger partial charge in [0.1, 0.15) is 5.82 Å². The van der Waals surface area contributed by atoms with E-state index in [0.717, 1.165) is 32.5 Å². The smallest absolute Gasteiger partial charge is 0.170 e. The highest BCUT2D eigenvalue weighted by molar-refractivity contribution is 9.10. The van der Waals surface area contributed by atoms with Crippen LogP contribution in [0.1, 0.15) is 18.3 Å². The minimum absolute atomic E-state index is 0.779. The number of hydrogen-bond donors (Lipinski definition) is 1. The Bertz CT molecular complexity index is 493. The summed E-state index contributed by atoms with van der Waals surface area (Å²) < 4.78 is 6.29. The first-order chi connectivity index (χ1) is 8.17. The van der Waals surface area contributed by atoms with Gasteiger partial charge in [0.2, 0.25) is 0 Å². The zero-order chi connectivity index (χ0) is 12.3. The topological polar surface area (TPSA) is 51.8 Å². The summed E-state index contributed by atoms with van der Waals surface area (Å²) in [5.74, 6) is 1.79. The number of rotatable bonds is 4. The normalized spacial score (nSPS) is 10.7. The molecule has 0 radical (unpaired) electrons. The zero-order valence-electron chi connectivity index (χ0n) is 9.31. The first kappa shape index (κ1) is 12.9. The molecule has 0 atom stereocenters. The molecule has 0 saturated carbocycles. The lowest BCUT2D eigenvalue weighted by atomic mass is 10.2. The van der Waals surface area contributed by atoms with Gasteiger partial charge in [-0.05, 0) is 35.3 Å². The molecule has 3 nitrogen and oxygen atoms in total. The summed E-state index contributed by atoms with van der Waals surface area (Å²) in [5, 5.41) is 0. The predicted octanol–water partition coefficient (Wildman–Crippen LogP) is 3.74. The van der Waals surface area contributed by atoms with Gasteiger partial charge in [-0.25, -0.2) is 4.98 Å². The van der Waals surface area contributed by atoms with Gasteiger partial charge in [-0.1, -0.05) is 34.6 Å². The fourth-order valence-corrected chi connectivity index (χ4v) is 3.53. The number of aryl methyl sites for hydroxylation is 1. The van der Waals surface area contributed by atoms with Gasteiger partial charge in [0.25, 0.3) is 0 Å². The Labute approximate surface area is 117 Å². The standard InChI is InChI=1S/C11H12BrN3S2/c1-2-10-14-11(17-15-10)16-6-7-3-8(12)5-9(13)4-7/h3-5H,2,6,13H2,1H3. The lowest BCUT2D eigenvalue weighted by molar-refractivity contribution is 0.971. The SMILES string of the molecule is CCc1nsc(SCc2cc(N)cc(Br)c2)n1. The van der Waals surface area contributed by atoms with Crippen LogP contribution in [0.4, 0.5) is 5.69 Å². The highest BCUT2D eigenvalue weighted by Crippen LogP contribution is 2.27. The van der Waals surface area contributed by atoms with Crippen molar-refractivity contribution in [2.45, 2.75) is 23.4 Å². The van der Waals surface area contributed by atoms with E-state index in [0.29, 0.717) is 0 Å². The largest absolute Gasteiger partial charge is 0.399 e. The maximum Gasteiger partial charge on any atom is 0.170 e. The number of halogens is 1. The summed E-state index contributed by atoms with van der Waals surface area (Å²) in [6.07, 6.45) is 0.890. The molecule has 0 spiro atoms. The van der Waals surface area contributed by atoms with Crippen LogP contribution in [-0.2, 0) is 12.2 Å². The molecular formula is C11H12BrN3S2. The van der Waals surface area contributed by atoms with E-state index in [1.807, 2.05) is 12.1 Å². The van der Waals surface area contributed by atoms with Crippen molar-refractivity contribution in [3.63, 3.8) is 0 Å². The third kappa shape index (κ3) is 3.69. The Morgan fingerprint density at radius 2 is 2.24 bits per heavy atom. The van der Waals surface area contributed by atoms with Crippen LogP contribution in [0.25, 0.3) is 0 Å². The summed E-state index contributed by atoms with van der Waals surface area (Å²) in [4.78, 5) is 4.42. The van der Waals surface area contributed by atoms with Crippen LogP contribution >= 0.6 is 39.2 Å². The van der Waals surface area contributed by atoms with Gasteiger partial charge in [0, 0.05) is 22.3 Å². The summed E-state index contributed by atoms with van der Waals surface area (Å²) in [6, 6.07) is 5.96. The summed E-state index contributed by atoms with van der Waals surface area (Å²) in [6.45, 7) is 2.06. The van der Waals surface area contributed by atoms with Crippen LogP contribution in [0.15, 0.2) is 27.0 Å². The number of nitrogens with zero attached hydrogens (tertiary/aromatic N) is 2. The van der Waals surface area contributed by atoms with Crippen LogP contribution < -0.4 is 5.73 Å². The summed E-state index contributed by atoms with van der Waals surface area (Å²) in [5.41, 5.74) is 7.76. The van der Waals surface area contributed by atoms with Crippen molar-refractivity contribution in [2.75, 3.05) is 5.73 Å². The minimum atomic E-state index is 0.779. The fourth-order valence-electron chi connectivity index (χ4n) is 1.34. The second kappa shape index (κ2) is 5.84. The first-order valence-corrected chi connectivity index (χ1v) is 7.73. The molecule has 0 saturated heterocycles. The van der Waals surface area contributed by atoms with E-state index in [-0.39, 0.29) is 0 Å². The van der Waals surface area contributed by atoms with Crippen molar-refractivity contribution in [3.8, 4) is 0 Å². The van der Waals surface area contributed by atoms with Gasteiger partial charge in [0.15, 0.2) is 4.34 Å². The van der Waals surface area contributed by atoms with Gasteiger partial charge < -0.3 is 5.73 Å². The van der Waals surface area contributed by atoms with Crippen LogP contribution in [0, 0.1) is 0 Å². The van der Waals surface area contributed by atoms with E-state index in [9.17, 15) is 0 Å². The summed E-state index contributed by atoms with van der Waals surface area (Å²) in [7, 11) is 0. The van der Waals surface area contributed by atoms with Gasteiger partial charge in [0.05, 0.1) is 0 Å². The van der Waals surface area contributed by atoms with Crippen molar-refractivity contribution in [3.05, 3.63) is 34.1 Å². The van der Waals surface area contributed by atoms with E-state index >= 15 is 0 Å². The Kier molecular flexibility index (Phi) is 4.42. The Balaban J connectivity index is 2.01. The molecule has 1 heterocycles. The number of nitrogens with two attached hydrogens (primary N) is 1. The van der Waals surface area contributed by atoms with Crippen molar-refractivity contribution in [1.82, 2.24) is 9.36 Å². The molecule has 0 unspecified atom stereocenters. The van der Waals surface area contributed by atoms with Crippen LogP contribution in [0.3, 0.4) is 0 Å². The minimum Gasteiger partial charge on any atom is -0.399 e. The quantitative estimate of drug-likeness (QED) is 0.685. The molecule has 0 fully saturated rings. The molecule has 0 aliphatic rings. The van der Waals surface area contributed by atoms with E-state index < -0.39 is 0 Å². The molecule has 0 aliphatic carbocycles. The molecule has 17 heavy (non-hydrogen) atoms. The molecule has 1 aromatic heterocycles. The van der Waals surface area contributed by atoms with E-state index in [4.69, 9.17) is 5.73 Å². The van der Waals surface area contributed by atoms with Crippen LogP contribution in [0.5, 0.6) is 0 Å². The number of anilines is 1. The number of hydrogen-bond acceptors (Lipinski definition) is 5. The lowest BCUT2D eigenvalue weighted by Crippen LogP contribution is -1.88. The second-order valence-electron chi connectivity index (χ2n) is 3.51. The third-order valence-corrected chi connectivity index (χ3v) is 4.51. The molecule has 0 amide bonds. The summed E-state index contributed by atoms with van der Waals surface area (Å²) >= 11 is 6.60. The van der Waals surface area contributed by atoms with Crippen LogP contribution in [-0.4, -0.2) is 9.36 Å². The van der Waals surface area contributed by atoms with Gasteiger partial charge in [-0.15, -0.1) is 0 Å². The van der Waals surface area contributed by atoms with E-state index in [2.05, 4.69) is 38.3 Å². The lowest BCUT2D eigenvalue weighted by Gasteiger charge is -2.02. The maximum atomic E-state index is 5.79. The van der Waals surface area contributed by atoms with Gasteiger partial charge in [-0.2, -0.15) is 4.37 Å². The van der Waals surface area contributed by atoms with Gasteiger partial charge >= 0.3 is 0 Å². The van der Waals surface area contributed by atoms with Crippen molar-refractivity contribution >= 4 is 44.9 Å². The number of thioether (sulfide) groups is 1. The number of nitrogen functional groups attached to an aromatic ring is 1. The van der Waals surface area contributed by atoms with Crippen molar-refractivity contribution in [2.24, 2.45) is 0 Å². The fraction of sp³-hybridized carbons (Fsp3) is 0.273. The van der Waals surface area contributed by atoms with Crippen molar-refractivity contribution in [1.29, 1.82) is 0 Å². The highest BCUT2D eigenvalue weighted by atomic mass is 79.9. The predicted molar refractivity (Wildman–Crippen MR) is 77.4 cm³/mol. The molecule has 1 aromatic carbocycles. The average Bonchev–Trinajstić information content (AvgIpc) is 2.73. The molecule has 0 bridgehead atoms. The average molecular weight is 330 g/mol. The zero-order valence-corrected chi connectivity index (χ0v) is 12.5. The van der Waals surface area contributed by atoms with E-state index in [1.165, 1.54) is 17.1 Å². The first-order valence-electron chi connectivity index (χ1n) is 5.17. The molecule has 6 heteroatoms.